The smallest absolute Gasteiger partial charge is 0.141 e. The molecule has 2 aliphatic rings. The van der Waals surface area contributed by atoms with Crippen LogP contribution in [0.4, 0.5) is 0 Å². The predicted octanol–water partition coefficient (Wildman–Crippen LogP) is 3.99. The summed E-state index contributed by atoms with van der Waals surface area (Å²) in [5, 5.41) is 9.92. The topological polar surface area (TPSA) is 37.3 Å². The standard InChI is InChI=1S/C20H28O2/c1-13(2)14-5-7-16-15(11-14)6-8-17-19(16,3)10-9-18(22)20(17,4)12-21/h5,7,11,13,17,21H,6,8-10,12H2,1-4H3/t17-,19-,20-/m1/s1. The summed E-state index contributed by atoms with van der Waals surface area (Å²) < 4.78 is 0. The molecule has 0 aliphatic heterocycles. The second-order valence-corrected chi connectivity index (χ2v) is 8.08. The molecule has 0 saturated heterocycles. The van der Waals surface area contributed by atoms with Gasteiger partial charge in [0.15, 0.2) is 0 Å². The van der Waals surface area contributed by atoms with Crippen molar-refractivity contribution in [3.05, 3.63) is 34.9 Å². The van der Waals surface area contributed by atoms with Crippen LogP contribution in [0.2, 0.25) is 0 Å². The van der Waals surface area contributed by atoms with Crippen molar-refractivity contribution in [3.63, 3.8) is 0 Å². The third kappa shape index (κ3) is 2.07. The molecule has 0 radical (unpaired) electrons. The van der Waals surface area contributed by atoms with Gasteiger partial charge in [-0.25, -0.2) is 0 Å². The van der Waals surface area contributed by atoms with E-state index in [1.165, 1.54) is 16.7 Å². The lowest BCUT2D eigenvalue weighted by molar-refractivity contribution is -0.142. The molecule has 2 aliphatic carbocycles. The second-order valence-electron chi connectivity index (χ2n) is 8.08. The summed E-state index contributed by atoms with van der Waals surface area (Å²) in [4.78, 5) is 12.4. The number of hydrogen-bond acceptors (Lipinski definition) is 2. The summed E-state index contributed by atoms with van der Waals surface area (Å²) in [5.74, 6) is 1.05. The monoisotopic (exact) mass is 300 g/mol. The van der Waals surface area contributed by atoms with Gasteiger partial charge in [0.1, 0.15) is 5.78 Å². The van der Waals surface area contributed by atoms with E-state index in [0.717, 1.165) is 19.3 Å². The zero-order valence-electron chi connectivity index (χ0n) is 14.3. The largest absolute Gasteiger partial charge is 0.395 e. The fraction of sp³-hybridized carbons (Fsp3) is 0.650. The number of Topliss-reactive ketones (excluding diaryl/α,β-unsaturated/α-hetero) is 1. The Morgan fingerprint density at radius 3 is 2.64 bits per heavy atom. The Labute approximate surface area is 133 Å². The van der Waals surface area contributed by atoms with Crippen LogP contribution in [0.1, 0.15) is 69.6 Å². The highest BCUT2D eigenvalue weighted by atomic mass is 16.3. The summed E-state index contributed by atoms with van der Waals surface area (Å²) in [6.45, 7) is 8.73. The lowest BCUT2D eigenvalue weighted by atomic mass is 9.49. The maximum absolute atomic E-state index is 12.4. The van der Waals surface area contributed by atoms with Crippen molar-refractivity contribution >= 4 is 5.78 Å². The highest BCUT2D eigenvalue weighted by Gasteiger charge is 2.55. The van der Waals surface area contributed by atoms with Crippen LogP contribution in [-0.4, -0.2) is 17.5 Å². The molecular weight excluding hydrogens is 272 g/mol. The Morgan fingerprint density at radius 1 is 1.27 bits per heavy atom. The van der Waals surface area contributed by atoms with Crippen LogP contribution in [-0.2, 0) is 16.6 Å². The van der Waals surface area contributed by atoms with E-state index in [1.807, 2.05) is 6.92 Å². The molecule has 0 bridgehead atoms. The van der Waals surface area contributed by atoms with Gasteiger partial charge in [0, 0.05) is 6.42 Å². The number of carbonyl (C=O) groups is 1. The van der Waals surface area contributed by atoms with E-state index >= 15 is 0 Å². The van der Waals surface area contributed by atoms with Crippen molar-refractivity contribution in [2.75, 3.05) is 6.61 Å². The van der Waals surface area contributed by atoms with Crippen LogP contribution < -0.4 is 0 Å². The van der Waals surface area contributed by atoms with Gasteiger partial charge in [0.05, 0.1) is 12.0 Å². The first-order chi connectivity index (χ1) is 10.3. The zero-order valence-corrected chi connectivity index (χ0v) is 14.3. The molecule has 0 heterocycles. The molecule has 1 N–H and O–H groups in total. The van der Waals surface area contributed by atoms with Crippen LogP contribution >= 0.6 is 0 Å². The van der Waals surface area contributed by atoms with Crippen LogP contribution in [0.3, 0.4) is 0 Å². The maximum Gasteiger partial charge on any atom is 0.141 e. The molecule has 3 atom stereocenters. The van der Waals surface area contributed by atoms with E-state index in [9.17, 15) is 9.90 Å². The van der Waals surface area contributed by atoms with Crippen LogP contribution in [0, 0.1) is 11.3 Å². The van der Waals surface area contributed by atoms with Gasteiger partial charge in [-0.3, -0.25) is 4.79 Å². The van der Waals surface area contributed by atoms with E-state index in [4.69, 9.17) is 0 Å². The quantitative estimate of drug-likeness (QED) is 0.896. The molecule has 2 heteroatoms. The summed E-state index contributed by atoms with van der Waals surface area (Å²) in [6.07, 6.45) is 3.54. The first-order valence-electron chi connectivity index (χ1n) is 8.60. The molecule has 120 valence electrons. The molecule has 2 nitrogen and oxygen atoms in total. The fourth-order valence-corrected chi connectivity index (χ4v) is 4.92. The van der Waals surface area contributed by atoms with Crippen molar-refractivity contribution in [3.8, 4) is 0 Å². The third-order valence-corrected chi connectivity index (χ3v) is 6.49. The van der Waals surface area contributed by atoms with Crippen molar-refractivity contribution in [2.45, 2.75) is 64.7 Å². The Balaban J connectivity index is 2.08. The number of fused-ring (bicyclic) bond motifs is 3. The number of aliphatic hydroxyl groups is 1. The number of rotatable bonds is 2. The minimum absolute atomic E-state index is 0.0223. The average molecular weight is 300 g/mol. The molecule has 1 fully saturated rings. The fourth-order valence-electron chi connectivity index (χ4n) is 4.92. The molecule has 0 spiro atoms. The van der Waals surface area contributed by atoms with Gasteiger partial charge < -0.3 is 5.11 Å². The first kappa shape index (κ1) is 15.7. The van der Waals surface area contributed by atoms with Gasteiger partial charge in [0.2, 0.25) is 0 Å². The number of ketones is 1. The second kappa shape index (κ2) is 5.19. The molecule has 1 aromatic rings. The van der Waals surface area contributed by atoms with Crippen molar-refractivity contribution in [1.82, 2.24) is 0 Å². The minimum atomic E-state index is -0.568. The number of hydrogen-bond donors (Lipinski definition) is 1. The van der Waals surface area contributed by atoms with Crippen molar-refractivity contribution in [2.24, 2.45) is 11.3 Å². The van der Waals surface area contributed by atoms with Crippen molar-refractivity contribution in [1.29, 1.82) is 0 Å². The highest BCUT2D eigenvalue weighted by molar-refractivity contribution is 5.86. The van der Waals surface area contributed by atoms with Crippen LogP contribution in [0.5, 0.6) is 0 Å². The van der Waals surface area contributed by atoms with E-state index in [1.54, 1.807) is 0 Å². The molecule has 22 heavy (non-hydrogen) atoms. The third-order valence-electron chi connectivity index (χ3n) is 6.49. The van der Waals surface area contributed by atoms with Crippen LogP contribution in [0.25, 0.3) is 0 Å². The van der Waals surface area contributed by atoms with E-state index < -0.39 is 5.41 Å². The van der Waals surface area contributed by atoms with E-state index in [-0.39, 0.29) is 23.7 Å². The van der Waals surface area contributed by atoms with E-state index in [0.29, 0.717) is 12.3 Å². The van der Waals surface area contributed by atoms with Gasteiger partial charge in [0.25, 0.3) is 0 Å². The van der Waals surface area contributed by atoms with Crippen molar-refractivity contribution < 1.29 is 9.90 Å². The molecule has 0 unspecified atom stereocenters. The lowest BCUT2D eigenvalue weighted by Crippen LogP contribution is -2.55. The van der Waals surface area contributed by atoms with Gasteiger partial charge in [-0.05, 0) is 53.2 Å². The number of aliphatic hydroxyl groups excluding tert-OH is 1. The van der Waals surface area contributed by atoms with Gasteiger partial charge in [-0.2, -0.15) is 0 Å². The Morgan fingerprint density at radius 2 is 2.00 bits per heavy atom. The lowest BCUT2D eigenvalue weighted by Gasteiger charge is -2.54. The average Bonchev–Trinajstić information content (AvgIpc) is 2.51. The van der Waals surface area contributed by atoms with Crippen LogP contribution in [0.15, 0.2) is 18.2 Å². The van der Waals surface area contributed by atoms with E-state index in [2.05, 4.69) is 39.0 Å². The molecule has 1 aromatic carbocycles. The molecule has 3 rings (SSSR count). The number of carbonyl (C=O) groups excluding carboxylic acids is 1. The van der Waals surface area contributed by atoms with Gasteiger partial charge in [-0.15, -0.1) is 0 Å². The molecular formula is C20H28O2. The zero-order chi connectivity index (χ0) is 16.1. The SMILES string of the molecule is CC(C)c1ccc2c(c1)CC[C@H]1[C@@](C)(CO)C(=O)CC[C@]21C. The summed E-state index contributed by atoms with van der Waals surface area (Å²) >= 11 is 0. The summed E-state index contributed by atoms with van der Waals surface area (Å²) in [7, 11) is 0. The Kier molecular flexibility index (Phi) is 3.71. The molecule has 1 saturated carbocycles. The highest BCUT2D eigenvalue weighted by Crippen LogP contribution is 2.55. The Hall–Kier alpha value is -1.15. The summed E-state index contributed by atoms with van der Waals surface area (Å²) in [6, 6.07) is 6.92. The summed E-state index contributed by atoms with van der Waals surface area (Å²) in [5.41, 5.74) is 3.73. The molecule has 0 aromatic heterocycles. The maximum atomic E-state index is 12.4. The number of aryl methyl sites for hydroxylation is 1. The number of benzene rings is 1. The van der Waals surface area contributed by atoms with Gasteiger partial charge >= 0.3 is 0 Å². The minimum Gasteiger partial charge on any atom is -0.395 e. The first-order valence-corrected chi connectivity index (χ1v) is 8.60. The molecule has 0 amide bonds. The van der Waals surface area contributed by atoms with Gasteiger partial charge in [-0.1, -0.05) is 45.9 Å². The predicted molar refractivity (Wildman–Crippen MR) is 89.1 cm³/mol. The normalized spacial score (nSPS) is 34.5. The Bertz CT molecular complexity index is 604.